The van der Waals surface area contributed by atoms with Crippen LogP contribution in [0.5, 0.6) is 0 Å². The number of piperazine rings is 1. The van der Waals surface area contributed by atoms with Crippen LogP contribution in [0.25, 0.3) is 0 Å². The molecule has 21 heavy (non-hydrogen) atoms. The molecule has 2 fully saturated rings. The van der Waals surface area contributed by atoms with Gasteiger partial charge in [-0.05, 0) is 12.8 Å². The van der Waals surface area contributed by atoms with Gasteiger partial charge in [-0.1, -0.05) is 12.8 Å². The van der Waals surface area contributed by atoms with Gasteiger partial charge in [-0.2, -0.15) is 5.26 Å². The summed E-state index contributed by atoms with van der Waals surface area (Å²) in [6.45, 7) is 3.59. The lowest BCUT2D eigenvalue weighted by Gasteiger charge is -2.38. The van der Waals surface area contributed by atoms with Crippen LogP contribution in [0.4, 0.5) is 0 Å². The van der Waals surface area contributed by atoms with E-state index >= 15 is 0 Å². The maximum atomic E-state index is 12.6. The fraction of sp³-hybridized carbons (Fsp3) is 0.800. The SMILES string of the molecule is N#CCCN1CCN(C(=O)C2CCCCC2C(=O)O)CC1. The molecule has 2 rings (SSSR count). The molecule has 1 aliphatic carbocycles. The highest BCUT2D eigenvalue weighted by Gasteiger charge is 2.38. The van der Waals surface area contributed by atoms with Gasteiger partial charge in [0.15, 0.2) is 0 Å². The van der Waals surface area contributed by atoms with Crippen LogP contribution < -0.4 is 0 Å². The number of aliphatic carboxylic acids is 1. The van der Waals surface area contributed by atoms with Crippen molar-refractivity contribution in [3.05, 3.63) is 0 Å². The zero-order valence-corrected chi connectivity index (χ0v) is 12.3. The minimum absolute atomic E-state index is 0.0158. The van der Waals surface area contributed by atoms with Crippen LogP contribution in [0.15, 0.2) is 0 Å². The molecule has 116 valence electrons. The fourth-order valence-electron chi connectivity index (χ4n) is 3.36. The second kappa shape index (κ2) is 7.41. The molecule has 0 bridgehead atoms. The van der Waals surface area contributed by atoms with Gasteiger partial charge >= 0.3 is 5.97 Å². The average molecular weight is 293 g/mol. The predicted octanol–water partition coefficient (Wildman–Crippen LogP) is 0.935. The molecular formula is C15H23N3O3. The third kappa shape index (κ3) is 3.94. The van der Waals surface area contributed by atoms with Crippen LogP contribution in [0.1, 0.15) is 32.1 Å². The molecule has 2 atom stereocenters. The minimum Gasteiger partial charge on any atom is -0.481 e. The first kappa shape index (κ1) is 15.8. The Morgan fingerprint density at radius 1 is 1.10 bits per heavy atom. The van der Waals surface area contributed by atoms with Gasteiger partial charge in [0.05, 0.1) is 17.9 Å². The minimum atomic E-state index is -0.833. The Hall–Kier alpha value is -1.61. The topological polar surface area (TPSA) is 84.6 Å². The molecule has 0 aromatic heterocycles. The van der Waals surface area contributed by atoms with Crippen molar-refractivity contribution < 1.29 is 14.7 Å². The lowest BCUT2D eigenvalue weighted by molar-refractivity contribution is -0.153. The van der Waals surface area contributed by atoms with E-state index in [4.69, 9.17) is 5.26 Å². The molecule has 0 spiro atoms. The van der Waals surface area contributed by atoms with Crippen LogP contribution in [0.3, 0.4) is 0 Å². The monoisotopic (exact) mass is 293 g/mol. The first-order valence-electron chi connectivity index (χ1n) is 7.74. The van der Waals surface area contributed by atoms with Crippen molar-refractivity contribution in [3.63, 3.8) is 0 Å². The largest absolute Gasteiger partial charge is 0.481 e. The van der Waals surface area contributed by atoms with Gasteiger partial charge in [0, 0.05) is 39.1 Å². The van der Waals surface area contributed by atoms with Crippen LogP contribution in [0.2, 0.25) is 0 Å². The highest BCUT2D eigenvalue weighted by atomic mass is 16.4. The summed E-state index contributed by atoms with van der Waals surface area (Å²) in [5.74, 6) is -1.67. The Kier molecular flexibility index (Phi) is 5.57. The van der Waals surface area contributed by atoms with E-state index in [1.54, 1.807) is 0 Å². The first-order valence-corrected chi connectivity index (χ1v) is 7.74. The standard InChI is InChI=1S/C15H23N3O3/c16-6-3-7-17-8-10-18(11-9-17)14(19)12-4-1-2-5-13(12)15(20)21/h12-13H,1-5,7-11H2,(H,20,21). The molecule has 1 amide bonds. The van der Waals surface area contributed by atoms with E-state index < -0.39 is 11.9 Å². The molecule has 1 aliphatic heterocycles. The molecular weight excluding hydrogens is 270 g/mol. The van der Waals surface area contributed by atoms with Crippen molar-refractivity contribution in [2.75, 3.05) is 32.7 Å². The third-order valence-electron chi connectivity index (χ3n) is 4.62. The second-order valence-electron chi connectivity index (χ2n) is 5.91. The summed E-state index contributed by atoms with van der Waals surface area (Å²) in [7, 11) is 0. The van der Waals surface area contributed by atoms with Crippen molar-refractivity contribution in [1.29, 1.82) is 5.26 Å². The molecule has 1 N–H and O–H groups in total. The van der Waals surface area contributed by atoms with E-state index in [1.807, 2.05) is 4.90 Å². The number of rotatable bonds is 4. The molecule has 6 heteroatoms. The number of nitriles is 1. The van der Waals surface area contributed by atoms with Crippen molar-refractivity contribution in [2.45, 2.75) is 32.1 Å². The van der Waals surface area contributed by atoms with Crippen molar-refractivity contribution >= 4 is 11.9 Å². The molecule has 1 saturated heterocycles. The van der Waals surface area contributed by atoms with Crippen LogP contribution in [-0.4, -0.2) is 59.5 Å². The summed E-state index contributed by atoms with van der Waals surface area (Å²) in [6, 6.07) is 2.13. The molecule has 2 unspecified atom stereocenters. The third-order valence-corrected chi connectivity index (χ3v) is 4.62. The Morgan fingerprint density at radius 3 is 2.29 bits per heavy atom. The highest BCUT2D eigenvalue weighted by Crippen LogP contribution is 2.32. The van der Waals surface area contributed by atoms with Gasteiger partial charge in [0.1, 0.15) is 0 Å². The molecule has 0 aromatic rings. The molecule has 1 heterocycles. The number of amides is 1. The summed E-state index contributed by atoms with van der Waals surface area (Å²) < 4.78 is 0. The number of carbonyl (C=O) groups excluding carboxylic acids is 1. The summed E-state index contributed by atoms with van der Waals surface area (Å²) in [4.78, 5) is 27.9. The summed E-state index contributed by atoms with van der Waals surface area (Å²) in [5.41, 5.74) is 0. The average Bonchev–Trinajstić information content (AvgIpc) is 2.52. The number of hydrogen-bond donors (Lipinski definition) is 1. The first-order chi connectivity index (χ1) is 10.1. The van der Waals surface area contributed by atoms with Crippen LogP contribution in [0, 0.1) is 23.2 Å². The Balaban J connectivity index is 1.89. The maximum Gasteiger partial charge on any atom is 0.307 e. The smallest absolute Gasteiger partial charge is 0.307 e. The van der Waals surface area contributed by atoms with E-state index in [2.05, 4.69) is 11.0 Å². The van der Waals surface area contributed by atoms with E-state index in [9.17, 15) is 14.7 Å². The van der Waals surface area contributed by atoms with Gasteiger partial charge in [0.2, 0.25) is 5.91 Å². The molecule has 1 saturated carbocycles. The zero-order valence-electron chi connectivity index (χ0n) is 12.3. The number of carboxylic acid groups (broad SMARTS) is 1. The van der Waals surface area contributed by atoms with E-state index in [1.165, 1.54) is 0 Å². The van der Waals surface area contributed by atoms with E-state index in [0.717, 1.165) is 32.5 Å². The van der Waals surface area contributed by atoms with Crippen molar-refractivity contribution in [2.24, 2.45) is 11.8 Å². The van der Waals surface area contributed by atoms with Gasteiger partial charge in [-0.15, -0.1) is 0 Å². The Bertz CT molecular complexity index is 424. The predicted molar refractivity (Wildman–Crippen MR) is 76.3 cm³/mol. The lowest BCUT2D eigenvalue weighted by atomic mass is 9.78. The van der Waals surface area contributed by atoms with Crippen LogP contribution in [-0.2, 0) is 9.59 Å². The van der Waals surface area contributed by atoms with Gasteiger partial charge in [-0.3, -0.25) is 14.5 Å². The molecule has 0 aromatic carbocycles. The van der Waals surface area contributed by atoms with Gasteiger partial charge in [0.25, 0.3) is 0 Å². The van der Waals surface area contributed by atoms with Gasteiger partial charge in [-0.25, -0.2) is 0 Å². The second-order valence-corrected chi connectivity index (χ2v) is 5.91. The normalized spacial score (nSPS) is 27.1. The number of carbonyl (C=O) groups is 2. The fourth-order valence-corrected chi connectivity index (χ4v) is 3.36. The number of carboxylic acids is 1. The van der Waals surface area contributed by atoms with Crippen molar-refractivity contribution in [1.82, 2.24) is 9.80 Å². The quantitative estimate of drug-likeness (QED) is 0.833. The van der Waals surface area contributed by atoms with E-state index in [0.29, 0.717) is 32.4 Å². The Labute approximate surface area is 125 Å². The molecule has 0 radical (unpaired) electrons. The van der Waals surface area contributed by atoms with Crippen LogP contribution >= 0.6 is 0 Å². The molecule has 2 aliphatic rings. The summed E-state index contributed by atoms with van der Waals surface area (Å²) in [6.07, 6.45) is 3.68. The molecule has 6 nitrogen and oxygen atoms in total. The summed E-state index contributed by atoms with van der Waals surface area (Å²) >= 11 is 0. The van der Waals surface area contributed by atoms with E-state index in [-0.39, 0.29) is 11.8 Å². The maximum absolute atomic E-state index is 12.6. The van der Waals surface area contributed by atoms with Crippen molar-refractivity contribution in [3.8, 4) is 6.07 Å². The zero-order chi connectivity index (χ0) is 15.2. The number of hydrogen-bond acceptors (Lipinski definition) is 4. The highest BCUT2D eigenvalue weighted by molar-refractivity contribution is 5.85. The number of nitrogens with zero attached hydrogens (tertiary/aromatic N) is 3. The lowest BCUT2D eigenvalue weighted by Crippen LogP contribution is -2.52. The van der Waals surface area contributed by atoms with Gasteiger partial charge < -0.3 is 10.0 Å². The summed E-state index contributed by atoms with van der Waals surface area (Å²) in [5, 5.41) is 17.9. The Morgan fingerprint density at radius 2 is 1.71 bits per heavy atom.